The molecule has 1 unspecified atom stereocenters. The Morgan fingerprint density at radius 2 is 1.64 bits per heavy atom. The number of nitrogens with zero attached hydrogens (tertiary/aromatic N) is 3. The topological polar surface area (TPSA) is 176 Å². The number of nitrogens with one attached hydrogen (secondary N) is 2. The number of carbonyl (C=O) groups is 5. The standard InChI is InChI=1S/C24H33N5O8S.Na/c1-2-3-4-5-6-10-13-27-14-15-28(23(33)22(27)32)24(34)26-19(17-11-8-7-9-12-17)20(30)25-18-16-29(21(18)31)38(35,36)37;/h7-9,11-12,18-19H,2-6,10,13-16H2,1H3,(H,25,30)(H,26,34)(H,35,36,37);/q;+1/p-1/t18?,19-;/m1./s1. The Morgan fingerprint density at radius 3 is 2.26 bits per heavy atom. The average Bonchev–Trinajstić information content (AvgIpc) is 2.88. The van der Waals surface area contributed by atoms with Crippen LogP contribution in [0.1, 0.15) is 57.1 Å². The Bertz CT molecular complexity index is 1170. The smallest absolute Gasteiger partial charge is 0.731 e. The zero-order valence-electron chi connectivity index (χ0n) is 22.1. The second-order valence-corrected chi connectivity index (χ2v) is 10.5. The van der Waals surface area contributed by atoms with Gasteiger partial charge in [0, 0.05) is 19.6 Å². The number of urea groups is 1. The maximum Gasteiger partial charge on any atom is 1.00 e. The number of piperazine rings is 1. The van der Waals surface area contributed by atoms with Crippen molar-refractivity contribution in [3.8, 4) is 0 Å². The first-order chi connectivity index (χ1) is 18.0. The number of hydrogen-bond acceptors (Lipinski definition) is 8. The molecule has 2 fully saturated rings. The van der Waals surface area contributed by atoms with E-state index in [1.54, 1.807) is 18.2 Å². The number of benzene rings is 1. The van der Waals surface area contributed by atoms with Gasteiger partial charge < -0.3 is 20.1 Å². The van der Waals surface area contributed by atoms with Gasteiger partial charge in [-0.15, -0.1) is 0 Å². The molecule has 39 heavy (non-hydrogen) atoms. The predicted octanol–water partition coefficient (Wildman–Crippen LogP) is -2.74. The number of amides is 6. The molecule has 1 aromatic rings. The minimum atomic E-state index is -4.98. The number of imide groups is 1. The molecule has 2 aliphatic rings. The Balaban J connectivity index is 0.00000533. The first kappa shape index (κ1) is 32.7. The summed E-state index contributed by atoms with van der Waals surface area (Å²) in [6.07, 6.45) is 6.17. The molecular formula is C24H32N5NaO8S. The average molecular weight is 574 g/mol. The van der Waals surface area contributed by atoms with Crippen molar-refractivity contribution < 1.29 is 66.5 Å². The van der Waals surface area contributed by atoms with E-state index < -0.39 is 58.6 Å². The molecule has 3 rings (SSSR count). The van der Waals surface area contributed by atoms with Crippen LogP contribution in [0, 0.1) is 0 Å². The normalized spacial score (nSPS) is 18.3. The van der Waals surface area contributed by atoms with Gasteiger partial charge in [-0.05, 0) is 12.0 Å². The fourth-order valence-corrected chi connectivity index (χ4v) is 4.95. The quantitative estimate of drug-likeness (QED) is 0.0890. The van der Waals surface area contributed by atoms with Crippen molar-refractivity contribution in [1.82, 2.24) is 24.7 Å². The van der Waals surface area contributed by atoms with Crippen molar-refractivity contribution in [1.29, 1.82) is 0 Å². The van der Waals surface area contributed by atoms with E-state index in [-0.39, 0.29) is 47.0 Å². The van der Waals surface area contributed by atoms with Gasteiger partial charge in [0.05, 0.1) is 6.54 Å². The van der Waals surface area contributed by atoms with Crippen molar-refractivity contribution in [2.24, 2.45) is 0 Å². The number of carbonyl (C=O) groups excluding carboxylic acids is 5. The molecule has 15 heteroatoms. The van der Waals surface area contributed by atoms with Gasteiger partial charge >= 0.3 is 47.4 Å². The molecule has 2 saturated heterocycles. The molecule has 1 aromatic carbocycles. The Hall–Kier alpha value is -2.52. The van der Waals surface area contributed by atoms with Gasteiger partial charge in [0.15, 0.2) is 10.3 Å². The van der Waals surface area contributed by atoms with Gasteiger partial charge in [0.25, 0.3) is 5.91 Å². The second-order valence-electron chi connectivity index (χ2n) is 9.20. The van der Waals surface area contributed by atoms with E-state index in [0.717, 1.165) is 43.4 Å². The van der Waals surface area contributed by atoms with Gasteiger partial charge in [-0.25, -0.2) is 17.5 Å². The number of hydrogen-bond donors (Lipinski definition) is 2. The molecule has 0 radical (unpaired) electrons. The molecule has 0 bridgehead atoms. The van der Waals surface area contributed by atoms with Gasteiger partial charge in [0.1, 0.15) is 12.1 Å². The summed E-state index contributed by atoms with van der Waals surface area (Å²) in [4.78, 5) is 65.4. The molecule has 0 saturated carbocycles. The van der Waals surface area contributed by atoms with Crippen molar-refractivity contribution in [2.75, 3.05) is 26.2 Å². The van der Waals surface area contributed by atoms with Crippen LogP contribution in [0.2, 0.25) is 0 Å². The Kier molecular flexibility index (Phi) is 12.4. The summed E-state index contributed by atoms with van der Waals surface area (Å²) >= 11 is 0. The van der Waals surface area contributed by atoms with Crippen molar-refractivity contribution in [3.05, 3.63) is 35.9 Å². The maximum absolute atomic E-state index is 13.0. The van der Waals surface area contributed by atoms with E-state index in [1.807, 2.05) is 0 Å². The monoisotopic (exact) mass is 573 g/mol. The maximum atomic E-state index is 13.0. The molecule has 0 spiro atoms. The first-order valence-electron chi connectivity index (χ1n) is 12.6. The summed E-state index contributed by atoms with van der Waals surface area (Å²) in [5, 5.41) is 4.75. The molecule has 2 heterocycles. The largest absolute Gasteiger partial charge is 1.00 e. The number of unbranched alkanes of at least 4 members (excludes halogenated alkanes) is 5. The van der Waals surface area contributed by atoms with Crippen LogP contribution >= 0.6 is 0 Å². The van der Waals surface area contributed by atoms with Crippen LogP contribution in [-0.2, 0) is 29.5 Å². The van der Waals surface area contributed by atoms with Crippen LogP contribution in [0.3, 0.4) is 0 Å². The molecule has 6 amide bonds. The van der Waals surface area contributed by atoms with Gasteiger partial charge in [-0.3, -0.25) is 24.1 Å². The van der Waals surface area contributed by atoms with Gasteiger partial charge in [-0.1, -0.05) is 69.4 Å². The number of β-lactam (4-membered cyclic amide) rings is 1. The van der Waals surface area contributed by atoms with Crippen molar-refractivity contribution in [2.45, 2.75) is 57.5 Å². The van der Waals surface area contributed by atoms with Crippen LogP contribution < -0.4 is 40.2 Å². The Labute approximate surface area is 249 Å². The summed E-state index contributed by atoms with van der Waals surface area (Å²) in [6, 6.07) is 4.38. The van der Waals surface area contributed by atoms with Gasteiger partial charge in [0.2, 0.25) is 5.91 Å². The third-order valence-electron chi connectivity index (χ3n) is 6.48. The number of rotatable bonds is 12. The van der Waals surface area contributed by atoms with E-state index in [1.165, 1.54) is 17.0 Å². The molecule has 2 atom stereocenters. The molecular weight excluding hydrogens is 541 g/mol. The van der Waals surface area contributed by atoms with Gasteiger partial charge in [-0.2, -0.15) is 0 Å². The van der Waals surface area contributed by atoms with Crippen LogP contribution in [0.4, 0.5) is 4.79 Å². The van der Waals surface area contributed by atoms with E-state index in [0.29, 0.717) is 12.1 Å². The third kappa shape index (κ3) is 8.48. The summed E-state index contributed by atoms with van der Waals surface area (Å²) in [5.41, 5.74) is 0.318. The Morgan fingerprint density at radius 1 is 1.00 bits per heavy atom. The van der Waals surface area contributed by atoms with Crippen LogP contribution in [0.25, 0.3) is 0 Å². The first-order valence-corrected chi connectivity index (χ1v) is 13.9. The van der Waals surface area contributed by atoms with E-state index in [9.17, 15) is 36.9 Å². The van der Waals surface area contributed by atoms with Crippen molar-refractivity contribution >= 4 is 40.0 Å². The fourth-order valence-electron chi connectivity index (χ4n) is 4.27. The molecule has 0 aromatic heterocycles. The summed E-state index contributed by atoms with van der Waals surface area (Å²) in [6.45, 7) is 2.14. The second kappa shape index (κ2) is 14.7. The summed E-state index contributed by atoms with van der Waals surface area (Å²) in [7, 11) is -4.98. The zero-order chi connectivity index (χ0) is 27.9. The third-order valence-corrected chi connectivity index (χ3v) is 7.35. The molecule has 208 valence electrons. The van der Waals surface area contributed by atoms with E-state index in [2.05, 4.69) is 17.6 Å². The van der Waals surface area contributed by atoms with Crippen LogP contribution in [-0.4, -0.2) is 89.0 Å². The van der Waals surface area contributed by atoms with E-state index in [4.69, 9.17) is 0 Å². The zero-order valence-corrected chi connectivity index (χ0v) is 24.9. The molecule has 13 nitrogen and oxygen atoms in total. The SMILES string of the molecule is CCCCCCCCN1CCN(C(=O)N[C@@H](C(=O)NC2CN(S(=O)(=O)[O-])C2=O)c2ccccc2)C(=O)C1=O.[Na+]. The minimum Gasteiger partial charge on any atom is -0.731 e. The summed E-state index contributed by atoms with van der Waals surface area (Å²) < 4.78 is 33.2. The summed E-state index contributed by atoms with van der Waals surface area (Å²) in [5.74, 6) is -3.74. The van der Waals surface area contributed by atoms with Crippen molar-refractivity contribution in [3.63, 3.8) is 0 Å². The predicted molar refractivity (Wildman–Crippen MR) is 133 cm³/mol. The molecule has 2 N–H and O–H groups in total. The van der Waals surface area contributed by atoms with Crippen LogP contribution in [0.5, 0.6) is 0 Å². The minimum absolute atomic E-state index is 0. The van der Waals surface area contributed by atoms with E-state index >= 15 is 0 Å². The molecule has 2 aliphatic heterocycles. The van der Waals surface area contributed by atoms with Crippen LogP contribution in [0.15, 0.2) is 30.3 Å². The fraction of sp³-hybridized carbons (Fsp3) is 0.542. The molecule has 0 aliphatic carbocycles.